The zero-order chi connectivity index (χ0) is 17.2. The van der Waals surface area contributed by atoms with Crippen molar-refractivity contribution in [3.63, 3.8) is 0 Å². The average Bonchev–Trinajstić information content (AvgIpc) is 3.11. The van der Waals surface area contributed by atoms with Gasteiger partial charge in [0.1, 0.15) is 5.65 Å². The van der Waals surface area contributed by atoms with Crippen molar-refractivity contribution < 1.29 is 0 Å². The van der Waals surface area contributed by atoms with E-state index >= 15 is 0 Å². The number of H-pyrrole nitrogens is 1. The molecule has 0 atom stereocenters. The van der Waals surface area contributed by atoms with Crippen LogP contribution in [0.4, 0.5) is 0 Å². The normalized spacial score (nSPS) is 10.7. The summed E-state index contributed by atoms with van der Waals surface area (Å²) < 4.78 is 0. The first-order valence-electron chi connectivity index (χ1n) is 8.05. The van der Waals surface area contributed by atoms with Crippen molar-refractivity contribution in [2.24, 2.45) is 5.73 Å². The molecule has 0 aliphatic heterocycles. The number of hydrogen-bond acceptors (Lipinski definition) is 3. The largest absolute Gasteiger partial charge is 0.346 e. The SMILES string of the molecule is N#Cc1cccc(-c2cnc3[nH]cc(-c4ccc(CN)cc4)c3c2)c1. The van der Waals surface area contributed by atoms with Crippen LogP contribution in [0.3, 0.4) is 0 Å². The van der Waals surface area contributed by atoms with Crippen molar-refractivity contribution in [1.29, 1.82) is 5.26 Å². The molecule has 4 aromatic rings. The molecule has 0 fully saturated rings. The Morgan fingerprint density at radius 3 is 2.60 bits per heavy atom. The number of benzene rings is 2. The highest BCUT2D eigenvalue weighted by Crippen LogP contribution is 2.31. The monoisotopic (exact) mass is 324 g/mol. The van der Waals surface area contributed by atoms with E-state index in [4.69, 9.17) is 11.0 Å². The molecule has 2 aromatic carbocycles. The van der Waals surface area contributed by atoms with Crippen molar-refractivity contribution >= 4 is 11.0 Å². The highest BCUT2D eigenvalue weighted by molar-refractivity contribution is 5.95. The minimum atomic E-state index is 0.537. The molecule has 3 N–H and O–H groups in total. The molecular weight excluding hydrogens is 308 g/mol. The number of aromatic nitrogens is 2. The molecule has 0 unspecified atom stereocenters. The molecule has 2 heterocycles. The first kappa shape index (κ1) is 15.1. The summed E-state index contributed by atoms with van der Waals surface area (Å²) in [6.07, 6.45) is 3.81. The second-order valence-corrected chi connectivity index (χ2v) is 5.92. The van der Waals surface area contributed by atoms with Crippen LogP contribution < -0.4 is 5.73 Å². The van der Waals surface area contributed by atoms with E-state index in [-0.39, 0.29) is 0 Å². The Bertz CT molecular complexity index is 1090. The quantitative estimate of drug-likeness (QED) is 0.592. The molecule has 4 rings (SSSR count). The van der Waals surface area contributed by atoms with Crippen molar-refractivity contribution in [3.8, 4) is 28.3 Å². The second kappa shape index (κ2) is 6.23. The molecule has 2 aromatic heterocycles. The van der Waals surface area contributed by atoms with Crippen molar-refractivity contribution in [2.75, 3.05) is 0 Å². The standard InChI is InChI=1S/C21H16N4/c22-10-14-4-6-16(7-5-14)20-13-25-21-19(20)9-18(12-24-21)17-3-1-2-15(8-17)11-23/h1-9,12-13H,10,22H2,(H,24,25). The molecule has 0 spiro atoms. The fourth-order valence-electron chi connectivity index (χ4n) is 2.99. The number of fused-ring (bicyclic) bond motifs is 1. The lowest BCUT2D eigenvalue weighted by Gasteiger charge is -2.05. The highest BCUT2D eigenvalue weighted by atomic mass is 14.8. The molecule has 0 bridgehead atoms. The van der Waals surface area contributed by atoms with Crippen LogP contribution in [0.1, 0.15) is 11.1 Å². The fourth-order valence-corrected chi connectivity index (χ4v) is 2.99. The van der Waals surface area contributed by atoms with Crippen LogP contribution >= 0.6 is 0 Å². The van der Waals surface area contributed by atoms with Crippen molar-refractivity contribution in [1.82, 2.24) is 9.97 Å². The Morgan fingerprint density at radius 2 is 1.84 bits per heavy atom. The van der Waals surface area contributed by atoms with Gasteiger partial charge in [-0.15, -0.1) is 0 Å². The Balaban J connectivity index is 1.83. The van der Waals surface area contributed by atoms with E-state index in [1.807, 2.05) is 42.7 Å². The van der Waals surface area contributed by atoms with E-state index in [2.05, 4.69) is 34.2 Å². The molecule has 0 aliphatic carbocycles. The minimum absolute atomic E-state index is 0.537. The van der Waals surface area contributed by atoms with Gasteiger partial charge in [0, 0.05) is 35.5 Å². The molecule has 0 saturated heterocycles. The van der Waals surface area contributed by atoms with E-state index in [1.165, 1.54) is 0 Å². The lowest BCUT2D eigenvalue weighted by molar-refractivity contribution is 1.07. The molecule has 25 heavy (non-hydrogen) atoms. The summed E-state index contributed by atoms with van der Waals surface area (Å²) in [5, 5.41) is 10.2. The predicted molar refractivity (Wildman–Crippen MR) is 99.6 cm³/mol. The van der Waals surface area contributed by atoms with Gasteiger partial charge in [0.05, 0.1) is 11.6 Å². The van der Waals surface area contributed by atoms with Crippen LogP contribution in [0.15, 0.2) is 67.0 Å². The number of nitrogens with zero attached hydrogens (tertiary/aromatic N) is 2. The summed E-state index contributed by atoms with van der Waals surface area (Å²) >= 11 is 0. The first-order chi connectivity index (χ1) is 12.3. The maximum absolute atomic E-state index is 9.10. The van der Waals surface area contributed by atoms with Gasteiger partial charge in [0.2, 0.25) is 0 Å². The summed E-state index contributed by atoms with van der Waals surface area (Å²) in [5.41, 5.74) is 12.5. The van der Waals surface area contributed by atoms with Gasteiger partial charge in [0.25, 0.3) is 0 Å². The molecule has 0 saturated carbocycles. The molecular formula is C21H16N4. The van der Waals surface area contributed by atoms with E-state index in [0.29, 0.717) is 12.1 Å². The number of nitrogens with two attached hydrogens (primary N) is 1. The van der Waals surface area contributed by atoms with Crippen LogP contribution in [0, 0.1) is 11.3 Å². The van der Waals surface area contributed by atoms with Gasteiger partial charge in [-0.2, -0.15) is 5.26 Å². The van der Waals surface area contributed by atoms with Gasteiger partial charge < -0.3 is 10.7 Å². The Labute approximate surface area is 145 Å². The van der Waals surface area contributed by atoms with Crippen LogP contribution in [0.25, 0.3) is 33.3 Å². The zero-order valence-electron chi connectivity index (χ0n) is 13.5. The third kappa shape index (κ3) is 2.78. The summed E-state index contributed by atoms with van der Waals surface area (Å²) in [5.74, 6) is 0. The van der Waals surface area contributed by atoms with Crippen LogP contribution in [0.5, 0.6) is 0 Å². The van der Waals surface area contributed by atoms with Gasteiger partial charge in [-0.05, 0) is 34.9 Å². The van der Waals surface area contributed by atoms with Gasteiger partial charge in [-0.1, -0.05) is 36.4 Å². The maximum atomic E-state index is 9.10. The smallest absolute Gasteiger partial charge is 0.137 e. The molecule has 0 aliphatic rings. The lowest BCUT2D eigenvalue weighted by Crippen LogP contribution is -1.95. The number of nitriles is 1. The average molecular weight is 324 g/mol. The molecule has 120 valence electrons. The van der Waals surface area contributed by atoms with Crippen molar-refractivity contribution in [2.45, 2.75) is 6.54 Å². The van der Waals surface area contributed by atoms with E-state index in [9.17, 15) is 0 Å². The topological polar surface area (TPSA) is 78.5 Å². The van der Waals surface area contributed by atoms with Crippen LogP contribution in [0.2, 0.25) is 0 Å². The Morgan fingerprint density at radius 1 is 1.00 bits per heavy atom. The van der Waals surface area contributed by atoms with Gasteiger partial charge >= 0.3 is 0 Å². The van der Waals surface area contributed by atoms with Gasteiger partial charge in [-0.25, -0.2) is 4.98 Å². The lowest BCUT2D eigenvalue weighted by atomic mass is 10.0. The Hall–Kier alpha value is -3.42. The van der Waals surface area contributed by atoms with Crippen LogP contribution in [-0.4, -0.2) is 9.97 Å². The molecule has 0 amide bonds. The number of rotatable bonds is 3. The van der Waals surface area contributed by atoms with Crippen LogP contribution in [-0.2, 0) is 6.54 Å². The minimum Gasteiger partial charge on any atom is -0.346 e. The van der Waals surface area contributed by atoms with E-state index in [0.717, 1.165) is 38.9 Å². The summed E-state index contributed by atoms with van der Waals surface area (Å²) in [4.78, 5) is 7.76. The van der Waals surface area contributed by atoms with Gasteiger partial charge in [0.15, 0.2) is 0 Å². The first-order valence-corrected chi connectivity index (χ1v) is 8.05. The Kier molecular flexibility index (Phi) is 3.77. The summed E-state index contributed by atoms with van der Waals surface area (Å²) in [7, 11) is 0. The highest BCUT2D eigenvalue weighted by Gasteiger charge is 2.09. The van der Waals surface area contributed by atoms with E-state index in [1.54, 1.807) is 6.07 Å². The summed E-state index contributed by atoms with van der Waals surface area (Å²) in [6.45, 7) is 0.537. The molecule has 4 nitrogen and oxygen atoms in total. The third-order valence-electron chi connectivity index (χ3n) is 4.36. The maximum Gasteiger partial charge on any atom is 0.137 e. The number of hydrogen-bond donors (Lipinski definition) is 2. The van der Waals surface area contributed by atoms with Gasteiger partial charge in [-0.3, -0.25) is 0 Å². The summed E-state index contributed by atoms with van der Waals surface area (Å²) in [6, 6.07) is 20.1. The zero-order valence-corrected chi connectivity index (χ0v) is 13.5. The van der Waals surface area contributed by atoms with Crippen molar-refractivity contribution in [3.05, 3.63) is 78.1 Å². The number of nitrogens with one attached hydrogen (secondary N) is 1. The molecule has 4 heteroatoms. The molecule has 0 radical (unpaired) electrons. The number of pyridine rings is 1. The third-order valence-corrected chi connectivity index (χ3v) is 4.36. The van der Waals surface area contributed by atoms with E-state index < -0.39 is 0 Å². The fraction of sp³-hybridized carbons (Fsp3) is 0.0476. The number of aromatic amines is 1. The predicted octanol–water partition coefficient (Wildman–Crippen LogP) is 4.23. The second-order valence-electron chi connectivity index (χ2n) is 5.92.